The molecule has 4 aromatic rings. The second kappa shape index (κ2) is 9.33. The third-order valence-electron chi connectivity index (χ3n) is 6.86. The van der Waals surface area contributed by atoms with Crippen LogP contribution in [0.15, 0.2) is 61.2 Å². The van der Waals surface area contributed by atoms with Crippen molar-refractivity contribution in [1.82, 2.24) is 24.4 Å². The SMILES string of the molecule is COc1ccnc([C@H](C)N2CCc3c(cc(Cn4ccnc4C)cc3-c3cccnc3C)C2=O)c1. The number of benzene rings is 1. The van der Waals surface area contributed by atoms with Crippen LogP contribution in [0.1, 0.15) is 51.7 Å². The summed E-state index contributed by atoms with van der Waals surface area (Å²) in [4.78, 5) is 29.2. The summed E-state index contributed by atoms with van der Waals surface area (Å²) in [5.41, 5.74) is 6.81. The first kappa shape index (κ1) is 22.8. The Hall–Kier alpha value is -4.00. The third-order valence-corrected chi connectivity index (χ3v) is 6.86. The van der Waals surface area contributed by atoms with Gasteiger partial charge >= 0.3 is 0 Å². The lowest BCUT2D eigenvalue weighted by atomic mass is 9.87. The quantitative estimate of drug-likeness (QED) is 0.408. The lowest BCUT2D eigenvalue weighted by molar-refractivity contribution is 0.0669. The molecular formula is C28H29N5O2. The molecule has 1 atom stereocenters. The zero-order chi connectivity index (χ0) is 24.5. The lowest BCUT2D eigenvalue weighted by Crippen LogP contribution is -2.40. The molecule has 1 aliphatic heterocycles. The van der Waals surface area contributed by atoms with Gasteiger partial charge in [-0.05, 0) is 68.1 Å². The molecular weight excluding hydrogens is 438 g/mol. The average molecular weight is 468 g/mol. The number of carbonyl (C=O) groups excluding carboxylic acids is 1. The highest BCUT2D eigenvalue weighted by Crippen LogP contribution is 2.36. The highest BCUT2D eigenvalue weighted by Gasteiger charge is 2.31. The molecule has 0 saturated heterocycles. The molecule has 0 fully saturated rings. The lowest BCUT2D eigenvalue weighted by Gasteiger charge is -2.34. The van der Waals surface area contributed by atoms with E-state index in [1.807, 2.05) is 56.1 Å². The predicted octanol–water partition coefficient (Wildman–Crippen LogP) is 4.77. The van der Waals surface area contributed by atoms with Crippen molar-refractivity contribution in [2.24, 2.45) is 0 Å². The van der Waals surface area contributed by atoms with Crippen LogP contribution in [0.4, 0.5) is 0 Å². The molecule has 0 unspecified atom stereocenters. The molecule has 7 nitrogen and oxygen atoms in total. The number of hydrogen-bond donors (Lipinski definition) is 0. The average Bonchev–Trinajstić information content (AvgIpc) is 3.28. The second-order valence-electron chi connectivity index (χ2n) is 8.95. The van der Waals surface area contributed by atoms with E-state index in [0.717, 1.165) is 57.2 Å². The van der Waals surface area contributed by atoms with E-state index in [-0.39, 0.29) is 11.9 Å². The number of aromatic nitrogens is 4. The summed E-state index contributed by atoms with van der Waals surface area (Å²) in [6, 6.07) is 11.8. The van der Waals surface area contributed by atoms with Crippen LogP contribution >= 0.6 is 0 Å². The first-order valence-electron chi connectivity index (χ1n) is 11.8. The van der Waals surface area contributed by atoms with Crippen LogP contribution < -0.4 is 4.74 Å². The maximum atomic E-state index is 13.9. The second-order valence-corrected chi connectivity index (χ2v) is 8.95. The van der Waals surface area contributed by atoms with Gasteiger partial charge in [0.05, 0.1) is 18.8 Å². The number of fused-ring (bicyclic) bond motifs is 1. The van der Waals surface area contributed by atoms with Crippen molar-refractivity contribution < 1.29 is 9.53 Å². The van der Waals surface area contributed by atoms with Gasteiger partial charge in [-0.3, -0.25) is 14.8 Å². The number of rotatable bonds is 6. The smallest absolute Gasteiger partial charge is 0.254 e. The van der Waals surface area contributed by atoms with E-state index < -0.39 is 0 Å². The number of amides is 1. The molecule has 0 aliphatic carbocycles. The Morgan fingerprint density at radius 3 is 2.57 bits per heavy atom. The molecule has 3 aromatic heterocycles. The zero-order valence-corrected chi connectivity index (χ0v) is 20.5. The summed E-state index contributed by atoms with van der Waals surface area (Å²) < 4.78 is 7.46. The number of pyridine rings is 2. The van der Waals surface area contributed by atoms with Crippen molar-refractivity contribution in [3.05, 3.63) is 95.1 Å². The number of methoxy groups -OCH3 is 1. The molecule has 1 aromatic carbocycles. The van der Waals surface area contributed by atoms with Crippen molar-refractivity contribution in [3.63, 3.8) is 0 Å². The number of ether oxygens (including phenoxy) is 1. The largest absolute Gasteiger partial charge is 0.497 e. The van der Waals surface area contributed by atoms with E-state index in [1.54, 1.807) is 25.7 Å². The maximum Gasteiger partial charge on any atom is 0.254 e. The summed E-state index contributed by atoms with van der Waals surface area (Å²) in [7, 11) is 1.64. The van der Waals surface area contributed by atoms with Gasteiger partial charge in [0.2, 0.25) is 0 Å². The summed E-state index contributed by atoms with van der Waals surface area (Å²) in [6.45, 7) is 7.29. The number of carbonyl (C=O) groups is 1. The Bertz CT molecular complexity index is 1390. The normalized spacial score (nSPS) is 14.1. The van der Waals surface area contributed by atoms with Crippen molar-refractivity contribution in [3.8, 4) is 16.9 Å². The Morgan fingerprint density at radius 1 is 1.00 bits per heavy atom. The van der Waals surface area contributed by atoms with E-state index in [9.17, 15) is 4.79 Å². The molecule has 1 amide bonds. The fourth-order valence-corrected chi connectivity index (χ4v) is 4.86. The van der Waals surface area contributed by atoms with Crippen LogP contribution in [-0.2, 0) is 13.0 Å². The van der Waals surface area contributed by atoms with Gasteiger partial charge in [-0.2, -0.15) is 0 Å². The molecule has 0 N–H and O–H groups in total. The van der Waals surface area contributed by atoms with E-state index in [4.69, 9.17) is 4.74 Å². The topological polar surface area (TPSA) is 73.1 Å². The predicted molar refractivity (Wildman–Crippen MR) is 134 cm³/mol. The first-order valence-corrected chi connectivity index (χ1v) is 11.8. The van der Waals surface area contributed by atoms with E-state index in [1.165, 1.54) is 0 Å². The van der Waals surface area contributed by atoms with E-state index >= 15 is 0 Å². The highest BCUT2D eigenvalue weighted by atomic mass is 16.5. The van der Waals surface area contributed by atoms with Crippen LogP contribution in [-0.4, -0.2) is 44.0 Å². The molecule has 0 spiro atoms. The van der Waals surface area contributed by atoms with Gasteiger partial charge in [0, 0.05) is 60.8 Å². The van der Waals surface area contributed by atoms with E-state index in [2.05, 4.69) is 31.7 Å². The van der Waals surface area contributed by atoms with Crippen LogP contribution in [0.3, 0.4) is 0 Å². The minimum Gasteiger partial charge on any atom is -0.497 e. The third kappa shape index (κ3) is 4.30. The molecule has 35 heavy (non-hydrogen) atoms. The maximum absolute atomic E-state index is 13.9. The monoisotopic (exact) mass is 467 g/mol. The number of hydrogen-bond acceptors (Lipinski definition) is 5. The van der Waals surface area contributed by atoms with Crippen molar-refractivity contribution in [1.29, 1.82) is 0 Å². The molecule has 7 heteroatoms. The number of aryl methyl sites for hydroxylation is 2. The molecule has 178 valence electrons. The van der Waals surface area contributed by atoms with Crippen LogP contribution in [0.25, 0.3) is 11.1 Å². The molecule has 4 heterocycles. The molecule has 0 bridgehead atoms. The summed E-state index contributed by atoms with van der Waals surface area (Å²) in [5, 5.41) is 0. The van der Waals surface area contributed by atoms with E-state index in [0.29, 0.717) is 13.1 Å². The number of imidazole rings is 1. The molecule has 5 rings (SSSR count). The van der Waals surface area contributed by atoms with Crippen molar-refractivity contribution in [2.75, 3.05) is 13.7 Å². The van der Waals surface area contributed by atoms with Gasteiger partial charge in [-0.15, -0.1) is 0 Å². The van der Waals surface area contributed by atoms with Gasteiger partial charge in [0.1, 0.15) is 11.6 Å². The van der Waals surface area contributed by atoms with Gasteiger partial charge in [0.25, 0.3) is 5.91 Å². The minimum absolute atomic E-state index is 0.0235. The van der Waals surface area contributed by atoms with Crippen LogP contribution in [0.5, 0.6) is 5.75 Å². The summed E-state index contributed by atoms with van der Waals surface area (Å²) in [6.07, 6.45) is 8.06. The Balaban J connectivity index is 1.58. The summed E-state index contributed by atoms with van der Waals surface area (Å²) in [5.74, 6) is 1.70. The fourth-order valence-electron chi connectivity index (χ4n) is 4.86. The van der Waals surface area contributed by atoms with Gasteiger partial charge in [0.15, 0.2) is 0 Å². The standard InChI is InChI=1S/C28H29N5O2/c1-18-23(6-5-9-29-18)25-14-21(17-32-13-11-30-20(32)3)15-26-24(25)8-12-33(28(26)34)19(2)27-16-22(35-4)7-10-31-27/h5-7,9-11,13-16,19H,8,12,17H2,1-4H3/t19-/m0/s1. The Kier molecular flexibility index (Phi) is 6.07. The minimum atomic E-state index is -0.172. The summed E-state index contributed by atoms with van der Waals surface area (Å²) >= 11 is 0. The van der Waals surface area contributed by atoms with Crippen molar-refractivity contribution in [2.45, 2.75) is 39.8 Å². The number of nitrogens with zero attached hydrogens (tertiary/aromatic N) is 5. The van der Waals surface area contributed by atoms with Gasteiger partial charge in [-0.1, -0.05) is 6.07 Å². The van der Waals surface area contributed by atoms with Crippen LogP contribution in [0.2, 0.25) is 0 Å². The Morgan fingerprint density at radius 2 is 1.83 bits per heavy atom. The molecule has 0 radical (unpaired) electrons. The molecule has 1 aliphatic rings. The first-order chi connectivity index (χ1) is 17.0. The van der Waals surface area contributed by atoms with Gasteiger partial charge in [-0.25, -0.2) is 4.98 Å². The highest BCUT2D eigenvalue weighted by molar-refractivity contribution is 5.99. The fraction of sp³-hybridized carbons (Fsp3) is 0.286. The Labute approximate surface area is 205 Å². The van der Waals surface area contributed by atoms with Crippen LogP contribution in [0, 0.1) is 13.8 Å². The van der Waals surface area contributed by atoms with Crippen molar-refractivity contribution >= 4 is 5.91 Å². The zero-order valence-electron chi connectivity index (χ0n) is 20.5. The molecule has 0 saturated carbocycles. The van der Waals surface area contributed by atoms with Gasteiger partial charge < -0.3 is 14.2 Å².